The van der Waals surface area contributed by atoms with E-state index in [1.807, 2.05) is 12.1 Å². The van der Waals surface area contributed by atoms with Crippen LogP contribution in [0.15, 0.2) is 47.4 Å². The lowest BCUT2D eigenvalue weighted by Crippen LogP contribution is -2.43. The molecule has 3 rings (SSSR count). The lowest BCUT2D eigenvalue weighted by molar-refractivity contribution is 0.0682. The fraction of sp³-hybridized carbons (Fsp3) is 0.458. The van der Waals surface area contributed by atoms with Gasteiger partial charge in [-0.05, 0) is 61.6 Å². The zero-order valence-electron chi connectivity index (χ0n) is 18.3. The fourth-order valence-electron chi connectivity index (χ4n) is 3.65. The van der Waals surface area contributed by atoms with Crippen LogP contribution in [0.2, 0.25) is 0 Å². The third kappa shape index (κ3) is 5.96. The smallest absolute Gasteiger partial charge is 0.263 e. The average molecular weight is 426 g/mol. The summed E-state index contributed by atoms with van der Waals surface area (Å²) in [5.41, 5.74) is 0.540. The first-order valence-electron chi connectivity index (χ1n) is 11.0. The van der Waals surface area contributed by atoms with Crippen molar-refractivity contribution in [2.45, 2.75) is 32.6 Å². The van der Waals surface area contributed by atoms with E-state index in [1.165, 1.54) is 4.57 Å². The number of ether oxygens (including phenoxy) is 1. The summed E-state index contributed by atoms with van der Waals surface area (Å²) in [5, 5.41) is 3.00. The van der Waals surface area contributed by atoms with Crippen LogP contribution in [0.4, 0.5) is 0 Å². The first-order valence-corrected chi connectivity index (χ1v) is 11.0. The number of nitrogens with zero attached hydrogens (tertiary/aromatic N) is 2. The Hall–Kier alpha value is -3.09. The van der Waals surface area contributed by atoms with Crippen molar-refractivity contribution in [3.05, 3.63) is 64.1 Å². The summed E-state index contributed by atoms with van der Waals surface area (Å²) >= 11 is 0. The second-order valence-corrected chi connectivity index (χ2v) is 8.01. The molecule has 0 radical (unpaired) electrons. The number of amides is 2. The van der Waals surface area contributed by atoms with Gasteiger partial charge in [0.15, 0.2) is 0 Å². The molecule has 1 aromatic heterocycles. The number of benzene rings is 1. The van der Waals surface area contributed by atoms with E-state index in [9.17, 15) is 14.4 Å². The molecule has 1 N–H and O–H groups in total. The number of pyridine rings is 1. The number of aryl methyl sites for hydroxylation is 1. The largest absolute Gasteiger partial charge is 0.494 e. The first-order chi connectivity index (χ1) is 15.0. The normalized spacial score (nSPS) is 14.3. The number of hydrogen-bond donors (Lipinski definition) is 1. The highest BCUT2D eigenvalue weighted by Crippen LogP contribution is 2.18. The monoisotopic (exact) mass is 425 g/mol. The molecule has 31 heavy (non-hydrogen) atoms. The molecule has 1 aliphatic rings. The van der Waals surface area contributed by atoms with Gasteiger partial charge in [0.25, 0.3) is 17.4 Å². The predicted molar refractivity (Wildman–Crippen MR) is 119 cm³/mol. The van der Waals surface area contributed by atoms with Crippen molar-refractivity contribution in [3.8, 4) is 5.75 Å². The van der Waals surface area contributed by atoms with Crippen molar-refractivity contribution in [1.82, 2.24) is 14.8 Å². The number of carbonyl (C=O) groups is 2. The van der Waals surface area contributed by atoms with Gasteiger partial charge in [0.2, 0.25) is 0 Å². The molecule has 166 valence electrons. The third-order valence-electron chi connectivity index (χ3n) is 5.69. The van der Waals surface area contributed by atoms with Crippen molar-refractivity contribution in [2.24, 2.45) is 13.0 Å². The Bertz CT molecular complexity index is 944. The van der Waals surface area contributed by atoms with Gasteiger partial charge in [-0.15, -0.1) is 0 Å². The number of nitrogens with one attached hydrogen (secondary N) is 1. The molecular weight excluding hydrogens is 394 g/mol. The van der Waals surface area contributed by atoms with Crippen LogP contribution in [-0.2, 0) is 7.05 Å². The zero-order chi connectivity index (χ0) is 22.2. The van der Waals surface area contributed by atoms with Crippen molar-refractivity contribution in [1.29, 1.82) is 0 Å². The minimum atomic E-state index is -0.274. The Morgan fingerprint density at radius 1 is 1.13 bits per heavy atom. The van der Waals surface area contributed by atoms with Gasteiger partial charge in [-0.3, -0.25) is 14.4 Å². The molecule has 0 spiro atoms. The summed E-state index contributed by atoms with van der Waals surface area (Å²) in [7, 11) is 1.64. The average Bonchev–Trinajstić information content (AvgIpc) is 2.80. The molecule has 1 aromatic carbocycles. The lowest BCUT2D eigenvalue weighted by Gasteiger charge is -2.32. The highest BCUT2D eigenvalue weighted by molar-refractivity contribution is 5.94. The minimum absolute atomic E-state index is 0.105. The number of unbranched alkanes of at least 4 members (excludes halogenated alkanes) is 1. The van der Waals surface area contributed by atoms with Gasteiger partial charge < -0.3 is 19.5 Å². The number of rotatable bonds is 8. The molecule has 2 heterocycles. The van der Waals surface area contributed by atoms with Crippen LogP contribution >= 0.6 is 0 Å². The molecule has 7 nitrogen and oxygen atoms in total. The first kappa shape index (κ1) is 22.6. The van der Waals surface area contributed by atoms with Gasteiger partial charge in [0.05, 0.1) is 6.61 Å². The molecular formula is C24H31N3O4. The molecule has 0 unspecified atom stereocenters. The Balaban J connectivity index is 1.44. The molecule has 1 fully saturated rings. The van der Waals surface area contributed by atoms with Crippen molar-refractivity contribution in [2.75, 3.05) is 26.2 Å². The molecule has 0 atom stereocenters. The van der Waals surface area contributed by atoms with Crippen molar-refractivity contribution >= 4 is 11.8 Å². The second-order valence-electron chi connectivity index (χ2n) is 8.01. The fourth-order valence-corrected chi connectivity index (χ4v) is 3.65. The number of aromatic nitrogens is 1. The van der Waals surface area contributed by atoms with Crippen LogP contribution in [0.5, 0.6) is 5.75 Å². The zero-order valence-corrected chi connectivity index (χ0v) is 18.3. The molecule has 1 aliphatic heterocycles. The van der Waals surface area contributed by atoms with Crippen LogP contribution < -0.4 is 15.6 Å². The SMILES string of the molecule is CCCCOc1ccc(C(=O)NCC2CCN(C(=O)c3cccn(C)c3=O)CC2)cc1. The molecule has 2 aromatic rings. The lowest BCUT2D eigenvalue weighted by atomic mass is 9.96. The highest BCUT2D eigenvalue weighted by Gasteiger charge is 2.25. The maximum absolute atomic E-state index is 12.7. The maximum Gasteiger partial charge on any atom is 0.263 e. The Labute approximate surface area is 183 Å². The Morgan fingerprint density at radius 3 is 2.52 bits per heavy atom. The van der Waals surface area contributed by atoms with Crippen molar-refractivity contribution in [3.63, 3.8) is 0 Å². The van der Waals surface area contributed by atoms with E-state index in [-0.39, 0.29) is 22.9 Å². The number of hydrogen-bond acceptors (Lipinski definition) is 4. The van der Waals surface area contributed by atoms with Crippen molar-refractivity contribution < 1.29 is 14.3 Å². The molecule has 0 saturated carbocycles. The number of carbonyl (C=O) groups excluding carboxylic acids is 2. The number of piperidine rings is 1. The molecule has 0 bridgehead atoms. The van der Waals surface area contributed by atoms with Crippen LogP contribution in [0.1, 0.15) is 53.3 Å². The summed E-state index contributed by atoms with van der Waals surface area (Å²) in [6.07, 6.45) is 5.32. The standard InChI is InChI=1S/C24H31N3O4/c1-3-4-16-31-20-9-7-19(8-10-20)22(28)25-17-18-11-14-27(15-12-18)24(30)21-6-5-13-26(2)23(21)29/h5-10,13,18H,3-4,11-12,14-17H2,1-2H3,(H,25,28). The van der Waals surface area contributed by atoms with E-state index in [0.717, 1.165) is 31.4 Å². The number of likely N-dealkylation sites (tertiary alicyclic amines) is 1. The summed E-state index contributed by atoms with van der Waals surface area (Å²) in [5.74, 6) is 0.759. The van der Waals surface area contributed by atoms with E-state index in [2.05, 4.69) is 12.2 Å². The molecule has 7 heteroatoms. The molecule has 1 saturated heterocycles. The van der Waals surface area contributed by atoms with Gasteiger partial charge in [-0.2, -0.15) is 0 Å². The summed E-state index contributed by atoms with van der Waals surface area (Å²) in [6.45, 7) is 4.54. The second kappa shape index (κ2) is 10.8. The van der Waals surface area contributed by atoms with Crippen LogP contribution in [0.25, 0.3) is 0 Å². The Kier molecular flexibility index (Phi) is 7.87. The summed E-state index contributed by atoms with van der Waals surface area (Å²) in [4.78, 5) is 39.0. The quantitative estimate of drug-likeness (QED) is 0.660. The minimum Gasteiger partial charge on any atom is -0.494 e. The van der Waals surface area contributed by atoms with E-state index in [0.29, 0.717) is 37.7 Å². The van der Waals surface area contributed by atoms with E-state index >= 15 is 0 Å². The van der Waals surface area contributed by atoms with Gasteiger partial charge in [-0.25, -0.2) is 0 Å². The van der Waals surface area contributed by atoms with Gasteiger partial charge in [0, 0.05) is 38.4 Å². The summed E-state index contributed by atoms with van der Waals surface area (Å²) < 4.78 is 7.04. The molecule has 0 aliphatic carbocycles. The predicted octanol–water partition coefficient (Wildman–Crippen LogP) is 2.85. The Morgan fingerprint density at radius 2 is 1.84 bits per heavy atom. The van der Waals surface area contributed by atoms with Crippen LogP contribution in [0.3, 0.4) is 0 Å². The van der Waals surface area contributed by atoms with Gasteiger partial charge in [0.1, 0.15) is 11.3 Å². The third-order valence-corrected chi connectivity index (χ3v) is 5.69. The van der Waals surface area contributed by atoms with E-state index in [4.69, 9.17) is 4.74 Å². The topological polar surface area (TPSA) is 80.6 Å². The van der Waals surface area contributed by atoms with Crippen LogP contribution in [0, 0.1) is 5.92 Å². The maximum atomic E-state index is 12.7. The van der Waals surface area contributed by atoms with Gasteiger partial charge >= 0.3 is 0 Å². The summed E-state index contributed by atoms with van der Waals surface area (Å²) in [6, 6.07) is 10.5. The van der Waals surface area contributed by atoms with Crippen LogP contribution in [-0.4, -0.2) is 47.5 Å². The molecule has 2 amide bonds. The van der Waals surface area contributed by atoms with E-state index in [1.54, 1.807) is 42.4 Å². The van der Waals surface area contributed by atoms with E-state index < -0.39 is 0 Å². The van der Waals surface area contributed by atoms with Gasteiger partial charge in [-0.1, -0.05) is 13.3 Å². The highest BCUT2D eigenvalue weighted by atomic mass is 16.5.